The first-order chi connectivity index (χ1) is 11.0. The number of nitrogens with zero attached hydrogens (tertiary/aromatic N) is 1. The second kappa shape index (κ2) is 5.65. The molecule has 0 spiro atoms. The third-order valence-corrected chi connectivity index (χ3v) is 6.11. The lowest BCUT2D eigenvalue weighted by Crippen LogP contribution is -2.65. The largest absolute Gasteiger partial charge is 0.352 e. The highest BCUT2D eigenvalue weighted by Gasteiger charge is 2.52. The Bertz CT molecular complexity index is 464. The smallest absolute Gasteiger partial charge is 0.317 e. The van der Waals surface area contributed by atoms with Gasteiger partial charge >= 0.3 is 6.03 Å². The molecule has 3 aliphatic heterocycles. The number of carbonyl (C=O) groups excluding carboxylic acids is 2. The fourth-order valence-electron chi connectivity index (χ4n) is 5.26. The molecule has 0 radical (unpaired) electrons. The first-order valence-corrected chi connectivity index (χ1v) is 9.03. The highest BCUT2D eigenvalue weighted by molar-refractivity contribution is 5.75. The molecule has 2 saturated carbocycles. The Morgan fingerprint density at radius 2 is 1.74 bits per heavy atom. The van der Waals surface area contributed by atoms with Crippen LogP contribution >= 0.6 is 0 Å². The first-order valence-electron chi connectivity index (χ1n) is 9.03. The summed E-state index contributed by atoms with van der Waals surface area (Å²) in [5.41, 5.74) is -0.418. The molecular weight excluding hydrogens is 294 g/mol. The van der Waals surface area contributed by atoms with Crippen LogP contribution in [0.2, 0.25) is 0 Å². The molecule has 2 unspecified atom stereocenters. The average Bonchev–Trinajstić information content (AvgIpc) is 2.45. The van der Waals surface area contributed by atoms with Gasteiger partial charge in [0.05, 0.1) is 6.10 Å². The van der Waals surface area contributed by atoms with Crippen molar-refractivity contribution < 1.29 is 14.3 Å². The van der Waals surface area contributed by atoms with Crippen molar-refractivity contribution in [3.8, 4) is 0 Å². The van der Waals surface area contributed by atoms with Gasteiger partial charge in [0.2, 0.25) is 5.91 Å². The Hall–Kier alpha value is -1.30. The van der Waals surface area contributed by atoms with Crippen LogP contribution in [0.25, 0.3) is 0 Å². The second-order valence-electron chi connectivity index (χ2n) is 7.96. The standard InChI is InChI=1S/C17H27N3O3/c1-11(21)20-4-2-14(3-5-20)18-16(22)19-17-9-12-6-13(10-17)8-15(7-12)23-17/h12-15H,2-10H2,1H3,(H2,18,19,22). The Morgan fingerprint density at radius 3 is 2.30 bits per heavy atom. The van der Waals surface area contributed by atoms with Crippen molar-refractivity contribution in [2.75, 3.05) is 13.1 Å². The topological polar surface area (TPSA) is 70.7 Å². The van der Waals surface area contributed by atoms with E-state index in [1.54, 1.807) is 6.92 Å². The monoisotopic (exact) mass is 321 g/mol. The maximum absolute atomic E-state index is 12.4. The van der Waals surface area contributed by atoms with Crippen molar-refractivity contribution in [1.82, 2.24) is 15.5 Å². The summed E-state index contributed by atoms with van der Waals surface area (Å²) >= 11 is 0. The van der Waals surface area contributed by atoms with E-state index in [0.29, 0.717) is 6.10 Å². The van der Waals surface area contributed by atoms with E-state index in [9.17, 15) is 9.59 Å². The molecule has 2 atom stereocenters. The van der Waals surface area contributed by atoms with Crippen LogP contribution in [0.15, 0.2) is 0 Å². The molecule has 3 saturated heterocycles. The molecule has 6 nitrogen and oxygen atoms in total. The van der Waals surface area contributed by atoms with Crippen molar-refractivity contribution in [2.45, 2.75) is 69.7 Å². The van der Waals surface area contributed by atoms with Gasteiger partial charge in [0.1, 0.15) is 5.72 Å². The molecule has 4 bridgehead atoms. The van der Waals surface area contributed by atoms with Gasteiger partial charge in [-0.3, -0.25) is 4.79 Å². The number of amides is 3. The molecule has 0 aromatic rings. The van der Waals surface area contributed by atoms with E-state index in [4.69, 9.17) is 4.74 Å². The van der Waals surface area contributed by atoms with E-state index in [0.717, 1.165) is 50.6 Å². The molecule has 3 amide bonds. The maximum atomic E-state index is 12.4. The average molecular weight is 321 g/mol. The maximum Gasteiger partial charge on any atom is 0.317 e. The quantitative estimate of drug-likeness (QED) is 0.811. The molecule has 2 N–H and O–H groups in total. The highest BCUT2D eigenvalue weighted by atomic mass is 16.5. The number of piperidine rings is 1. The molecule has 6 heteroatoms. The van der Waals surface area contributed by atoms with E-state index >= 15 is 0 Å². The van der Waals surface area contributed by atoms with Crippen LogP contribution in [-0.4, -0.2) is 47.8 Å². The van der Waals surface area contributed by atoms with E-state index in [-0.39, 0.29) is 18.0 Å². The van der Waals surface area contributed by atoms with Gasteiger partial charge < -0.3 is 20.3 Å². The molecule has 3 heterocycles. The van der Waals surface area contributed by atoms with E-state index in [2.05, 4.69) is 10.6 Å². The fraction of sp³-hybridized carbons (Fsp3) is 0.882. The molecule has 0 aromatic carbocycles. The lowest BCUT2D eigenvalue weighted by Gasteiger charge is -2.56. The first kappa shape index (κ1) is 15.2. The molecule has 2 aliphatic carbocycles. The minimum atomic E-state index is -0.418. The van der Waals surface area contributed by atoms with Gasteiger partial charge in [0, 0.05) is 26.1 Å². The minimum Gasteiger partial charge on any atom is -0.352 e. The molecule has 23 heavy (non-hydrogen) atoms. The van der Waals surface area contributed by atoms with Crippen molar-refractivity contribution in [2.24, 2.45) is 11.8 Å². The van der Waals surface area contributed by atoms with Crippen LogP contribution in [0.4, 0.5) is 4.79 Å². The lowest BCUT2D eigenvalue weighted by atomic mass is 9.65. The van der Waals surface area contributed by atoms with Gasteiger partial charge in [-0.2, -0.15) is 0 Å². The number of urea groups is 1. The van der Waals surface area contributed by atoms with Gasteiger partial charge in [-0.25, -0.2) is 4.79 Å². The van der Waals surface area contributed by atoms with Gasteiger partial charge in [-0.1, -0.05) is 0 Å². The summed E-state index contributed by atoms with van der Waals surface area (Å²) in [5.74, 6) is 1.57. The van der Waals surface area contributed by atoms with Crippen LogP contribution in [0.1, 0.15) is 51.9 Å². The van der Waals surface area contributed by atoms with Crippen molar-refractivity contribution in [3.05, 3.63) is 0 Å². The summed E-state index contributed by atoms with van der Waals surface area (Å²) in [6, 6.07) is 0.0488. The zero-order chi connectivity index (χ0) is 16.0. The number of ether oxygens (including phenoxy) is 1. The predicted octanol–water partition coefficient (Wildman–Crippen LogP) is 1.60. The molecule has 128 valence electrons. The summed E-state index contributed by atoms with van der Waals surface area (Å²) in [6.45, 7) is 3.06. The summed E-state index contributed by atoms with van der Waals surface area (Å²) in [4.78, 5) is 25.6. The zero-order valence-corrected chi connectivity index (χ0v) is 13.8. The number of rotatable bonds is 2. The van der Waals surface area contributed by atoms with Crippen LogP contribution in [0.5, 0.6) is 0 Å². The van der Waals surface area contributed by atoms with Crippen molar-refractivity contribution in [1.29, 1.82) is 0 Å². The Morgan fingerprint density at radius 1 is 1.09 bits per heavy atom. The molecule has 5 aliphatic rings. The Labute approximate surface area is 137 Å². The summed E-state index contributed by atoms with van der Waals surface area (Å²) < 4.78 is 6.19. The van der Waals surface area contributed by atoms with Gasteiger partial charge in [0.15, 0.2) is 0 Å². The van der Waals surface area contributed by atoms with Crippen LogP contribution in [-0.2, 0) is 9.53 Å². The predicted molar refractivity (Wildman–Crippen MR) is 84.6 cm³/mol. The molecule has 5 rings (SSSR count). The molecule has 0 aromatic heterocycles. The Kier molecular flexibility index (Phi) is 3.75. The Balaban J connectivity index is 1.30. The summed E-state index contributed by atoms with van der Waals surface area (Å²) in [5, 5.41) is 6.24. The number of hydrogen-bond acceptors (Lipinski definition) is 3. The summed E-state index contributed by atoms with van der Waals surface area (Å²) in [6.07, 6.45) is 7.60. The summed E-state index contributed by atoms with van der Waals surface area (Å²) in [7, 11) is 0. The number of carbonyl (C=O) groups is 2. The van der Waals surface area contributed by atoms with Crippen LogP contribution in [0, 0.1) is 11.8 Å². The van der Waals surface area contributed by atoms with E-state index < -0.39 is 5.72 Å². The fourth-order valence-corrected chi connectivity index (χ4v) is 5.26. The van der Waals surface area contributed by atoms with Crippen molar-refractivity contribution in [3.63, 3.8) is 0 Å². The van der Waals surface area contributed by atoms with Gasteiger partial charge in [-0.15, -0.1) is 0 Å². The zero-order valence-electron chi connectivity index (χ0n) is 13.8. The van der Waals surface area contributed by atoms with Gasteiger partial charge in [0.25, 0.3) is 0 Å². The minimum absolute atomic E-state index is 0.103. The number of likely N-dealkylation sites (tertiary alicyclic amines) is 1. The SMILES string of the molecule is CC(=O)N1CCC(NC(=O)NC23CC4CC(CC(C4)O2)C3)CC1. The normalized spacial score (nSPS) is 39.3. The van der Waals surface area contributed by atoms with Crippen LogP contribution < -0.4 is 10.6 Å². The van der Waals surface area contributed by atoms with Crippen molar-refractivity contribution >= 4 is 11.9 Å². The highest BCUT2D eigenvalue weighted by Crippen LogP contribution is 2.51. The molecule has 5 fully saturated rings. The second-order valence-corrected chi connectivity index (χ2v) is 7.96. The third-order valence-electron chi connectivity index (χ3n) is 6.11. The van der Waals surface area contributed by atoms with E-state index in [1.165, 1.54) is 19.3 Å². The third kappa shape index (κ3) is 3.05. The number of hydrogen-bond donors (Lipinski definition) is 2. The van der Waals surface area contributed by atoms with E-state index in [1.807, 2.05) is 4.90 Å². The van der Waals surface area contributed by atoms with Gasteiger partial charge in [-0.05, 0) is 56.8 Å². The number of nitrogens with one attached hydrogen (secondary N) is 2. The molecular formula is C17H27N3O3. The van der Waals surface area contributed by atoms with Crippen LogP contribution in [0.3, 0.4) is 0 Å². The lowest BCUT2D eigenvalue weighted by molar-refractivity contribution is -0.228.